The van der Waals surface area contributed by atoms with E-state index in [4.69, 9.17) is 0 Å². The summed E-state index contributed by atoms with van der Waals surface area (Å²) in [7, 11) is 0. The molecule has 2 rings (SSSR count). The van der Waals surface area contributed by atoms with Crippen LogP contribution in [0.3, 0.4) is 0 Å². The predicted molar refractivity (Wildman–Crippen MR) is 81.4 cm³/mol. The molecule has 114 valence electrons. The summed E-state index contributed by atoms with van der Waals surface area (Å²) in [5, 5.41) is 12.3. The zero-order valence-electron chi connectivity index (χ0n) is 12.7. The van der Waals surface area contributed by atoms with Gasteiger partial charge in [0.05, 0.1) is 6.54 Å². The van der Waals surface area contributed by atoms with Gasteiger partial charge in [-0.15, -0.1) is 0 Å². The predicted octanol–water partition coefficient (Wildman–Crippen LogP) is 1.66. The number of benzene rings is 1. The second-order valence-electron chi connectivity index (χ2n) is 5.91. The SMILES string of the molecule is CC(C)C(C)NC(=O)CN1c2ccccc2CC1C(=O)O. The van der Waals surface area contributed by atoms with E-state index in [1.807, 2.05) is 45.0 Å². The number of para-hydroxylation sites is 1. The Hall–Kier alpha value is -2.04. The highest BCUT2D eigenvalue weighted by Crippen LogP contribution is 2.31. The number of hydrogen-bond donors (Lipinski definition) is 2. The lowest BCUT2D eigenvalue weighted by Crippen LogP contribution is -2.47. The molecule has 2 unspecified atom stereocenters. The minimum atomic E-state index is -0.893. The summed E-state index contributed by atoms with van der Waals surface area (Å²) in [4.78, 5) is 25.2. The van der Waals surface area contributed by atoms with Gasteiger partial charge in [0.25, 0.3) is 0 Å². The average molecular weight is 290 g/mol. The first-order valence-electron chi connectivity index (χ1n) is 7.27. The topological polar surface area (TPSA) is 69.6 Å². The van der Waals surface area contributed by atoms with Gasteiger partial charge in [-0.1, -0.05) is 32.0 Å². The van der Waals surface area contributed by atoms with Crippen molar-refractivity contribution in [1.29, 1.82) is 0 Å². The zero-order valence-corrected chi connectivity index (χ0v) is 12.7. The van der Waals surface area contributed by atoms with Gasteiger partial charge >= 0.3 is 5.97 Å². The summed E-state index contributed by atoms with van der Waals surface area (Å²) >= 11 is 0. The van der Waals surface area contributed by atoms with E-state index >= 15 is 0 Å². The van der Waals surface area contributed by atoms with Crippen LogP contribution in [0.1, 0.15) is 26.3 Å². The normalized spacial score (nSPS) is 18.5. The van der Waals surface area contributed by atoms with Crippen LogP contribution in [-0.2, 0) is 16.0 Å². The Balaban J connectivity index is 2.12. The Labute approximate surface area is 125 Å². The van der Waals surface area contributed by atoms with Gasteiger partial charge in [-0.05, 0) is 24.5 Å². The number of carbonyl (C=O) groups excluding carboxylic acids is 1. The van der Waals surface area contributed by atoms with Crippen molar-refractivity contribution in [3.63, 3.8) is 0 Å². The number of carbonyl (C=O) groups is 2. The van der Waals surface area contributed by atoms with Crippen LogP contribution in [-0.4, -0.2) is 35.6 Å². The maximum Gasteiger partial charge on any atom is 0.326 e. The van der Waals surface area contributed by atoms with Gasteiger partial charge in [0, 0.05) is 18.2 Å². The number of carboxylic acid groups (broad SMARTS) is 1. The lowest BCUT2D eigenvalue weighted by Gasteiger charge is -2.25. The van der Waals surface area contributed by atoms with Gasteiger partial charge in [-0.2, -0.15) is 0 Å². The summed E-state index contributed by atoms with van der Waals surface area (Å²) in [5.41, 5.74) is 1.83. The number of anilines is 1. The quantitative estimate of drug-likeness (QED) is 0.865. The van der Waals surface area contributed by atoms with Gasteiger partial charge < -0.3 is 15.3 Å². The van der Waals surface area contributed by atoms with Crippen molar-refractivity contribution < 1.29 is 14.7 Å². The lowest BCUT2D eigenvalue weighted by atomic mass is 10.1. The molecule has 1 aliphatic heterocycles. The third-order valence-electron chi connectivity index (χ3n) is 4.08. The molecule has 2 atom stereocenters. The monoisotopic (exact) mass is 290 g/mol. The molecular weight excluding hydrogens is 268 g/mol. The molecule has 21 heavy (non-hydrogen) atoms. The van der Waals surface area contributed by atoms with Crippen LogP contribution >= 0.6 is 0 Å². The molecular formula is C16H22N2O3. The molecule has 5 heteroatoms. The van der Waals surface area contributed by atoms with Crippen LogP contribution < -0.4 is 10.2 Å². The van der Waals surface area contributed by atoms with Crippen LogP contribution in [0, 0.1) is 5.92 Å². The molecule has 0 saturated heterocycles. The zero-order chi connectivity index (χ0) is 15.6. The minimum Gasteiger partial charge on any atom is -0.480 e. The molecule has 0 aliphatic carbocycles. The van der Waals surface area contributed by atoms with Gasteiger partial charge in [-0.3, -0.25) is 4.79 Å². The van der Waals surface area contributed by atoms with Crippen molar-refractivity contribution in [1.82, 2.24) is 5.32 Å². The maximum atomic E-state index is 12.1. The highest BCUT2D eigenvalue weighted by molar-refractivity contribution is 5.88. The van der Waals surface area contributed by atoms with E-state index in [-0.39, 0.29) is 18.5 Å². The molecule has 1 amide bonds. The number of fused-ring (bicyclic) bond motifs is 1. The number of nitrogens with one attached hydrogen (secondary N) is 1. The smallest absolute Gasteiger partial charge is 0.326 e. The average Bonchev–Trinajstić information content (AvgIpc) is 2.78. The third kappa shape index (κ3) is 3.35. The number of aliphatic carboxylic acids is 1. The molecule has 0 fully saturated rings. The second kappa shape index (κ2) is 6.16. The Morgan fingerprint density at radius 3 is 2.62 bits per heavy atom. The summed E-state index contributed by atoms with van der Waals surface area (Å²) in [6.45, 7) is 6.10. The first-order chi connectivity index (χ1) is 9.90. The largest absolute Gasteiger partial charge is 0.480 e. The molecule has 1 heterocycles. The van der Waals surface area contributed by atoms with Crippen molar-refractivity contribution in [3.8, 4) is 0 Å². The third-order valence-corrected chi connectivity index (χ3v) is 4.08. The molecule has 5 nitrogen and oxygen atoms in total. The van der Waals surface area contributed by atoms with Crippen LogP contribution in [0.5, 0.6) is 0 Å². The summed E-state index contributed by atoms with van der Waals surface area (Å²) in [5.74, 6) is -0.690. The van der Waals surface area contributed by atoms with E-state index in [2.05, 4.69) is 5.32 Å². The fraction of sp³-hybridized carbons (Fsp3) is 0.500. The van der Waals surface area contributed by atoms with Crippen molar-refractivity contribution in [2.75, 3.05) is 11.4 Å². The maximum absolute atomic E-state index is 12.1. The summed E-state index contributed by atoms with van der Waals surface area (Å²) in [6, 6.07) is 6.95. The summed E-state index contributed by atoms with van der Waals surface area (Å²) < 4.78 is 0. The Morgan fingerprint density at radius 1 is 1.33 bits per heavy atom. The van der Waals surface area contributed by atoms with E-state index in [1.54, 1.807) is 4.90 Å². The van der Waals surface area contributed by atoms with Crippen LogP contribution in [0.15, 0.2) is 24.3 Å². The molecule has 1 aliphatic rings. The van der Waals surface area contributed by atoms with Gasteiger partial charge in [0.1, 0.15) is 6.04 Å². The number of nitrogens with zero attached hydrogens (tertiary/aromatic N) is 1. The highest BCUT2D eigenvalue weighted by atomic mass is 16.4. The minimum absolute atomic E-state index is 0.0682. The fourth-order valence-electron chi connectivity index (χ4n) is 2.49. The van der Waals surface area contributed by atoms with Crippen molar-refractivity contribution in [3.05, 3.63) is 29.8 Å². The number of hydrogen-bond acceptors (Lipinski definition) is 3. The number of amides is 1. The molecule has 0 radical (unpaired) electrons. The van der Waals surface area contributed by atoms with Crippen LogP contribution in [0.2, 0.25) is 0 Å². The molecule has 0 aromatic heterocycles. The molecule has 2 N–H and O–H groups in total. The molecule has 1 aromatic rings. The molecule has 0 spiro atoms. The number of rotatable bonds is 5. The molecule has 0 bridgehead atoms. The van der Waals surface area contributed by atoms with Crippen molar-refractivity contribution in [2.45, 2.75) is 39.3 Å². The number of carboxylic acids is 1. The Kier molecular flexibility index (Phi) is 4.50. The standard InChI is InChI=1S/C16H22N2O3/c1-10(2)11(3)17-15(19)9-18-13-7-5-4-6-12(13)8-14(18)16(20)21/h4-7,10-11,14H,8-9H2,1-3H3,(H,17,19)(H,20,21). The van der Waals surface area contributed by atoms with Crippen molar-refractivity contribution >= 4 is 17.6 Å². The van der Waals surface area contributed by atoms with E-state index in [9.17, 15) is 14.7 Å². The molecule has 0 saturated carbocycles. The van der Waals surface area contributed by atoms with Gasteiger partial charge in [0.2, 0.25) is 5.91 Å². The Bertz CT molecular complexity index is 542. The van der Waals surface area contributed by atoms with E-state index in [1.165, 1.54) is 0 Å². The van der Waals surface area contributed by atoms with Gasteiger partial charge in [-0.25, -0.2) is 4.79 Å². The van der Waals surface area contributed by atoms with E-state index in [0.717, 1.165) is 11.3 Å². The fourth-order valence-corrected chi connectivity index (χ4v) is 2.49. The van der Waals surface area contributed by atoms with Crippen LogP contribution in [0.25, 0.3) is 0 Å². The van der Waals surface area contributed by atoms with E-state index in [0.29, 0.717) is 12.3 Å². The van der Waals surface area contributed by atoms with Gasteiger partial charge in [0.15, 0.2) is 0 Å². The second-order valence-corrected chi connectivity index (χ2v) is 5.91. The first-order valence-corrected chi connectivity index (χ1v) is 7.27. The first kappa shape index (κ1) is 15.4. The Morgan fingerprint density at radius 2 is 2.00 bits per heavy atom. The summed E-state index contributed by atoms with van der Waals surface area (Å²) in [6.07, 6.45) is 0.443. The van der Waals surface area contributed by atoms with Crippen molar-refractivity contribution in [2.24, 2.45) is 5.92 Å². The lowest BCUT2D eigenvalue weighted by molar-refractivity contribution is -0.138. The van der Waals surface area contributed by atoms with Crippen LogP contribution in [0.4, 0.5) is 5.69 Å². The molecule has 1 aromatic carbocycles. The van der Waals surface area contributed by atoms with E-state index < -0.39 is 12.0 Å². The highest BCUT2D eigenvalue weighted by Gasteiger charge is 2.35.